The number of amides is 1. The van der Waals surface area contributed by atoms with Crippen molar-refractivity contribution in [3.8, 4) is 0 Å². The van der Waals surface area contributed by atoms with Gasteiger partial charge in [-0.2, -0.15) is 0 Å². The lowest BCUT2D eigenvalue weighted by atomic mass is 10.1. The molecule has 1 aromatic heterocycles. The molecule has 0 fully saturated rings. The predicted molar refractivity (Wildman–Crippen MR) is 78.6 cm³/mol. The summed E-state index contributed by atoms with van der Waals surface area (Å²) in [6.45, 7) is 5.39. The number of aromatic nitrogens is 1. The molecule has 5 heteroatoms. The van der Waals surface area contributed by atoms with Crippen molar-refractivity contribution in [2.75, 3.05) is 11.9 Å². The maximum Gasteiger partial charge on any atom is 0.251 e. The smallest absolute Gasteiger partial charge is 0.251 e. The first-order chi connectivity index (χ1) is 9.20. The fourth-order valence-electron chi connectivity index (χ4n) is 1.79. The van der Waals surface area contributed by atoms with Crippen molar-refractivity contribution in [3.63, 3.8) is 0 Å². The van der Waals surface area contributed by atoms with Gasteiger partial charge in [-0.25, -0.2) is 4.98 Å². The number of carbonyl (C=O) groups is 1. The van der Waals surface area contributed by atoms with Crippen LogP contribution >= 0.6 is 11.3 Å². The van der Waals surface area contributed by atoms with Crippen molar-refractivity contribution in [2.45, 2.75) is 20.4 Å². The van der Waals surface area contributed by atoms with Crippen LogP contribution < -0.4 is 10.6 Å². The van der Waals surface area contributed by atoms with Crippen LogP contribution in [0.25, 0.3) is 0 Å². The molecule has 1 aromatic carbocycles. The zero-order chi connectivity index (χ0) is 13.7. The Morgan fingerprint density at radius 1 is 1.42 bits per heavy atom. The van der Waals surface area contributed by atoms with Crippen LogP contribution in [0.1, 0.15) is 27.9 Å². The molecule has 2 aromatic rings. The molecule has 0 aliphatic heterocycles. The molecular formula is C14H17N3OS. The summed E-state index contributed by atoms with van der Waals surface area (Å²) in [4.78, 5) is 16.1. The average Bonchev–Trinajstić information content (AvgIpc) is 2.91. The molecule has 1 heterocycles. The van der Waals surface area contributed by atoms with Crippen LogP contribution in [-0.4, -0.2) is 17.4 Å². The highest BCUT2D eigenvalue weighted by Crippen LogP contribution is 2.16. The molecule has 1 amide bonds. The van der Waals surface area contributed by atoms with Gasteiger partial charge in [0, 0.05) is 29.4 Å². The van der Waals surface area contributed by atoms with Crippen molar-refractivity contribution in [3.05, 3.63) is 45.9 Å². The zero-order valence-electron chi connectivity index (χ0n) is 11.1. The summed E-state index contributed by atoms with van der Waals surface area (Å²) in [7, 11) is 0. The van der Waals surface area contributed by atoms with E-state index >= 15 is 0 Å². The van der Waals surface area contributed by atoms with Crippen LogP contribution in [0.15, 0.2) is 29.8 Å². The molecule has 0 aliphatic carbocycles. The van der Waals surface area contributed by atoms with Gasteiger partial charge in [0.15, 0.2) is 0 Å². The van der Waals surface area contributed by atoms with Gasteiger partial charge < -0.3 is 10.6 Å². The number of hydrogen-bond donors (Lipinski definition) is 2. The number of carbonyl (C=O) groups excluding carboxylic acids is 1. The molecule has 19 heavy (non-hydrogen) atoms. The highest BCUT2D eigenvalue weighted by molar-refractivity contribution is 7.09. The Morgan fingerprint density at radius 2 is 2.26 bits per heavy atom. The molecule has 0 unspecified atom stereocenters. The number of benzene rings is 1. The molecule has 0 bridgehead atoms. The van der Waals surface area contributed by atoms with Gasteiger partial charge in [-0.1, -0.05) is 0 Å². The van der Waals surface area contributed by atoms with Crippen molar-refractivity contribution in [1.82, 2.24) is 10.3 Å². The molecule has 0 radical (unpaired) electrons. The molecule has 4 nitrogen and oxygen atoms in total. The summed E-state index contributed by atoms with van der Waals surface area (Å²) in [5.74, 6) is -0.0682. The minimum Gasteiger partial charge on any atom is -0.385 e. The average molecular weight is 275 g/mol. The van der Waals surface area contributed by atoms with Crippen LogP contribution in [0.4, 0.5) is 5.69 Å². The van der Waals surface area contributed by atoms with Crippen LogP contribution in [-0.2, 0) is 6.54 Å². The fraction of sp³-hybridized carbons (Fsp3) is 0.286. The second kappa shape index (κ2) is 6.33. The van der Waals surface area contributed by atoms with E-state index in [1.165, 1.54) is 11.3 Å². The van der Waals surface area contributed by atoms with E-state index in [1.54, 1.807) is 6.20 Å². The van der Waals surface area contributed by atoms with Gasteiger partial charge in [-0.3, -0.25) is 4.79 Å². The Balaban J connectivity index is 2.01. The van der Waals surface area contributed by atoms with Crippen LogP contribution in [0.5, 0.6) is 0 Å². The number of nitrogens with zero attached hydrogens (tertiary/aromatic N) is 1. The Kier molecular flexibility index (Phi) is 4.52. The summed E-state index contributed by atoms with van der Waals surface area (Å²) in [6.07, 6.45) is 1.74. The lowest BCUT2D eigenvalue weighted by molar-refractivity contribution is 0.0951. The van der Waals surface area contributed by atoms with E-state index in [2.05, 4.69) is 15.6 Å². The summed E-state index contributed by atoms with van der Waals surface area (Å²) in [5, 5.41) is 8.94. The molecule has 0 atom stereocenters. The quantitative estimate of drug-likeness (QED) is 0.882. The van der Waals surface area contributed by atoms with Gasteiger partial charge in [0.2, 0.25) is 0 Å². The zero-order valence-corrected chi connectivity index (χ0v) is 11.9. The van der Waals surface area contributed by atoms with Crippen LogP contribution in [0.3, 0.4) is 0 Å². The lowest BCUT2D eigenvalue weighted by Gasteiger charge is -2.09. The van der Waals surface area contributed by atoms with Gasteiger partial charge in [0.25, 0.3) is 5.91 Å². The molecule has 0 aliphatic rings. The van der Waals surface area contributed by atoms with Crippen LogP contribution in [0.2, 0.25) is 0 Å². The number of hydrogen-bond acceptors (Lipinski definition) is 4. The summed E-state index contributed by atoms with van der Waals surface area (Å²) >= 11 is 1.54. The number of anilines is 1. The van der Waals surface area contributed by atoms with Crippen molar-refractivity contribution >= 4 is 22.9 Å². The molecule has 100 valence electrons. The monoisotopic (exact) mass is 275 g/mol. The minimum atomic E-state index is -0.0682. The molecule has 0 saturated carbocycles. The molecule has 2 N–H and O–H groups in total. The maximum absolute atomic E-state index is 12.0. The Bertz CT molecular complexity index is 552. The standard InChI is InChI=1S/C14H17N3OS/c1-3-15-12-5-4-11(8-10(12)2)14(18)17-9-13-16-6-7-19-13/h4-8,15H,3,9H2,1-2H3,(H,17,18). The first-order valence-corrected chi connectivity index (χ1v) is 7.09. The molecule has 0 spiro atoms. The maximum atomic E-state index is 12.0. The SMILES string of the molecule is CCNc1ccc(C(=O)NCc2nccs2)cc1C. The van der Waals surface area contributed by atoms with Gasteiger partial charge in [-0.05, 0) is 37.6 Å². The first-order valence-electron chi connectivity index (χ1n) is 6.21. The summed E-state index contributed by atoms with van der Waals surface area (Å²) < 4.78 is 0. The third-order valence-corrected chi connectivity index (χ3v) is 3.52. The Hall–Kier alpha value is -1.88. The van der Waals surface area contributed by atoms with Gasteiger partial charge >= 0.3 is 0 Å². The molecule has 2 rings (SSSR count). The van der Waals surface area contributed by atoms with E-state index in [-0.39, 0.29) is 5.91 Å². The minimum absolute atomic E-state index is 0.0682. The predicted octanol–water partition coefficient (Wildman–Crippen LogP) is 2.81. The Morgan fingerprint density at radius 3 is 2.89 bits per heavy atom. The molecular weight excluding hydrogens is 258 g/mol. The fourth-order valence-corrected chi connectivity index (χ4v) is 2.35. The highest BCUT2D eigenvalue weighted by Gasteiger charge is 2.07. The van der Waals surface area contributed by atoms with Gasteiger partial charge in [0.05, 0.1) is 6.54 Å². The van der Waals surface area contributed by atoms with E-state index in [0.717, 1.165) is 22.8 Å². The topological polar surface area (TPSA) is 54.0 Å². The third-order valence-electron chi connectivity index (χ3n) is 2.74. The molecule has 0 saturated heterocycles. The second-order valence-electron chi connectivity index (χ2n) is 4.17. The highest BCUT2D eigenvalue weighted by atomic mass is 32.1. The van der Waals surface area contributed by atoms with Gasteiger partial charge in [-0.15, -0.1) is 11.3 Å². The number of aryl methyl sites for hydroxylation is 1. The number of rotatable bonds is 5. The summed E-state index contributed by atoms with van der Waals surface area (Å²) in [5.41, 5.74) is 2.82. The van der Waals surface area contributed by atoms with Crippen molar-refractivity contribution in [1.29, 1.82) is 0 Å². The van der Waals surface area contributed by atoms with Gasteiger partial charge in [0.1, 0.15) is 5.01 Å². The second-order valence-corrected chi connectivity index (χ2v) is 5.15. The van der Waals surface area contributed by atoms with E-state index < -0.39 is 0 Å². The Labute approximate surface area is 116 Å². The van der Waals surface area contributed by atoms with Crippen LogP contribution in [0, 0.1) is 6.92 Å². The number of thiazole rings is 1. The first kappa shape index (κ1) is 13.5. The van der Waals surface area contributed by atoms with E-state index in [1.807, 2.05) is 37.4 Å². The third kappa shape index (κ3) is 3.54. The normalized spacial score (nSPS) is 10.2. The largest absolute Gasteiger partial charge is 0.385 e. The lowest BCUT2D eigenvalue weighted by Crippen LogP contribution is -2.22. The summed E-state index contributed by atoms with van der Waals surface area (Å²) in [6, 6.07) is 5.68. The van der Waals surface area contributed by atoms with Crippen molar-refractivity contribution in [2.24, 2.45) is 0 Å². The van der Waals surface area contributed by atoms with E-state index in [9.17, 15) is 4.79 Å². The van der Waals surface area contributed by atoms with Crippen molar-refractivity contribution < 1.29 is 4.79 Å². The number of nitrogens with one attached hydrogen (secondary N) is 2. The van der Waals surface area contributed by atoms with E-state index in [4.69, 9.17) is 0 Å². The van der Waals surface area contributed by atoms with E-state index in [0.29, 0.717) is 12.1 Å².